The van der Waals surface area contributed by atoms with Crippen molar-refractivity contribution >= 4 is 50.7 Å². The summed E-state index contributed by atoms with van der Waals surface area (Å²) in [6.07, 6.45) is 3.91. The van der Waals surface area contributed by atoms with Crippen LogP contribution in [0, 0.1) is 13.8 Å². The number of aryl methyl sites for hydroxylation is 1. The van der Waals surface area contributed by atoms with Gasteiger partial charge in [-0.2, -0.15) is 0 Å². The van der Waals surface area contributed by atoms with Crippen LogP contribution in [0.2, 0.25) is 10.0 Å². The van der Waals surface area contributed by atoms with Gasteiger partial charge in [0.15, 0.2) is 0 Å². The number of hydrogen-bond acceptors (Lipinski definition) is 4. The molecule has 1 unspecified atom stereocenters. The molecule has 1 atom stereocenters. The fourth-order valence-electron chi connectivity index (χ4n) is 4.98. The predicted molar refractivity (Wildman–Crippen MR) is 164 cm³/mol. The van der Waals surface area contributed by atoms with Gasteiger partial charge in [0.25, 0.3) is 10.0 Å². The number of halogens is 2. The molecule has 1 fully saturated rings. The van der Waals surface area contributed by atoms with Crippen molar-refractivity contribution in [3.8, 4) is 0 Å². The quantitative estimate of drug-likeness (QED) is 0.291. The molecule has 1 aliphatic rings. The number of anilines is 1. The average molecular weight is 617 g/mol. The first kappa shape index (κ1) is 30.9. The number of nitrogens with one attached hydrogen (secondary N) is 1. The fourth-order valence-corrected chi connectivity index (χ4v) is 6.75. The zero-order chi connectivity index (χ0) is 29.7. The molecule has 1 N–H and O–H groups in total. The van der Waals surface area contributed by atoms with E-state index in [4.69, 9.17) is 23.2 Å². The topological polar surface area (TPSA) is 86.8 Å². The van der Waals surface area contributed by atoms with Crippen molar-refractivity contribution in [2.45, 2.75) is 70.0 Å². The minimum absolute atomic E-state index is 0.0477. The largest absolute Gasteiger partial charge is 0.352 e. The lowest BCUT2D eigenvalue weighted by Crippen LogP contribution is -2.52. The molecule has 10 heteroatoms. The normalized spacial score (nSPS) is 14.5. The molecule has 1 saturated carbocycles. The summed E-state index contributed by atoms with van der Waals surface area (Å²) in [5.41, 5.74) is 2.48. The molecule has 0 bridgehead atoms. The van der Waals surface area contributed by atoms with Gasteiger partial charge in [0.1, 0.15) is 12.6 Å². The predicted octanol–water partition coefficient (Wildman–Crippen LogP) is 6.28. The summed E-state index contributed by atoms with van der Waals surface area (Å²) in [4.78, 5) is 28.9. The summed E-state index contributed by atoms with van der Waals surface area (Å²) in [6, 6.07) is 17.6. The Balaban J connectivity index is 1.71. The van der Waals surface area contributed by atoms with E-state index in [1.807, 2.05) is 6.92 Å². The molecule has 218 valence electrons. The van der Waals surface area contributed by atoms with Gasteiger partial charge in [0.05, 0.1) is 10.6 Å². The average Bonchev–Trinajstić information content (AvgIpc) is 3.46. The van der Waals surface area contributed by atoms with Crippen LogP contribution in [0.25, 0.3) is 0 Å². The van der Waals surface area contributed by atoms with Gasteiger partial charge in [-0.15, -0.1) is 0 Å². The summed E-state index contributed by atoms with van der Waals surface area (Å²) in [6.45, 7) is 4.82. The lowest BCUT2D eigenvalue weighted by atomic mass is 10.1. The summed E-state index contributed by atoms with van der Waals surface area (Å²) >= 11 is 12.5. The number of carbonyl (C=O) groups excluding carboxylic acids is 2. The molecular weight excluding hydrogens is 581 g/mol. The summed E-state index contributed by atoms with van der Waals surface area (Å²) in [5.74, 6) is -0.796. The molecule has 7 nitrogen and oxygen atoms in total. The van der Waals surface area contributed by atoms with Crippen LogP contribution in [0.4, 0.5) is 5.69 Å². The maximum absolute atomic E-state index is 14.1. The second-order valence-electron chi connectivity index (χ2n) is 10.5. The molecule has 1 aliphatic carbocycles. The SMILES string of the molecule is Cc1ccc(S(=O)(=O)N(CC(=O)N(Cc2ccc(Cl)cc2)C(C)C(=O)NC2CCCC2)c2cccc(Cl)c2C)cc1. The molecule has 0 aromatic heterocycles. The summed E-state index contributed by atoms with van der Waals surface area (Å²) in [5, 5.41) is 3.99. The first-order chi connectivity index (χ1) is 19.5. The number of nitrogens with zero attached hydrogens (tertiary/aromatic N) is 2. The molecule has 4 rings (SSSR count). The van der Waals surface area contributed by atoms with Crippen molar-refractivity contribution in [3.63, 3.8) is 0 Å². The zero-order valence-electron chi connectivity index (χ0n) is 23.4. The van der Waals surface area contributed by atoms with Gasteiger partial charge in [-0.3, -0.25) is 13.9 Å². The number of rotatable bonds is 10. The van der Waals surface area contributed by atoms with Gasteiger partial charge in [-0.05, 0) is 81.1 Å². The minimum atomic E-state index is -4.17. The molecule has 0 spiro atoms. The molecule has 3 aromatic carbocycles. The second-order valence-corrected chi connectivity index (χ2v) is 13.2. The van der Waals surface area contributed by atoms with E-state index in [9.17, 15) is 18.0 Å². The first-order valence-corrected chi connectivity index (χ1v) is 15.9. The molecular formula is C31H35Cl2N3O4S. The van der Waals surface area contributed by atoms with E-state index in [0.717, 1.165) is 41.1 Å². The molecule has 0 heterocycles. The van der Waals surface area contributed by atoms with Crippen molar-refractivity contribution in [3.05, 3.63) is 93.5 Å². The highest BCUT2D eigenvalue weighted by Crippen LogP contribution is 2.31. The molecule has 0 radical (unpaired) electrons. The Kier molecular flexibility index (Phi) is 10.00. The Bertz CT molecular complexity index is 1490. The highest BCUT2D eigenvalue weighted by molar-refractivity contribution is 7.92. The van der Waals surface area contributed by atoms with Crippen LogP contribution in [0.5, 0.6) is 0 Å². The van der Waals surface area contributed by atoms with Gasteiger partial charge in [0.2, 0.25) is 11.8 Å². The highest BCUT2D eigenvalue weighted by Gasteiger charge is 2.34. The lowest BCUT2D eigenvalue weighted by molar-refractivity contribution is -0.139. The van der Waals surface area contributed by atoms with Crippen molar-refractivity contribution in [2.24, 2.45) is 0 Å². The fraction of sp³-hybridized carbons (Fsp3) is 0.355. The zero-order valence-corrected chi connectivity index (χ0v) is 25.8. The molecule has 2 amide bonds. The maximum atomic E-state index is 14.1. The van der Waals surface area contributed by atoms with Gasteiger partial charge in [-0.25, -0.2) is 8.42 Å². The van der Waals surface area contributed by atoms with Crippen LogP contribution in [0.3, 0.4) is 0 Å². The van der Waals surface area contributed by atoms with Crippen molar-refractivity contribution < 1.29 is 18.0 Å². The van der Waals surface area contributed by atoms with Crippen LogP contribution in [-0.4, -0.2) is 43.8 Å². The smallest absolute Gasteiger partial charge is 0.264 e. The number of benzene rings is 3. The minimum Gasteiger partial charge on any atom is -0.352 e. The third-order valence-corrected chi connectivity index (χ3v) is 9.97. The van der Waals surface area contributed by atoms with Gasteiger partial charge in [-0.1, -0.05) is 71.9 Å². The second kappa shape index (κ2) is 13.3. The van der Waals surface area contributed by atoms with Gasteiger partial charge >= 0.3 is 0 Å². The van der Waals surface area contributed by atoms with Crippen LogP contribution in [0.1, 0.15) is 49.3 Å². The van der Waals surface area contributed by atoms with E-state index in [0.29, 0.717) is 21.3 Å². The monoisotopic (exact) mass is 615 g/mol. The van der Waals surface area contributed by atoms with Crippen LogP contribution < -0.4 is 9.62 Å². The van der Waals surface area contributed by atoms with Gasteiger partial charge in [0, 0.05) is 22.6 Å². The molecule has 0 aliphatic heterocycles. The van der Waals surface area contributed by atoms with E-state index in [-0.39, 0.29) is 23.4 Å². The third kappa shape index (κ3) is 7.42. The van der Waals surface area contributed by atoms with E-state index in [1.54, 1.807) is 68.4 Å². The first-order valence-electron chi connectivity index (χ1n) is 13.7. The van der Waals surface area contributed by atoms with Crippen LogP contribution in [-0.2, 0) is 26.2 Å². The van der Waals surface area contributed by atoms with E-state index in [1.165, 1.54) is 17.0 Å². The molecule has 41 heavy (non-hydrogen) atoms. The Labute approximate surface area is 252 Å². The van der Waals surface area contributed by atoms with E-state index >= 15 is 0 Å². The van der Waals surface area contributed by atoms with Crippen molar-refractivity contribution in [1.29, 1.82) is 0 Å². The Morgan fingerprint density at radius 3 is 2.22 bits per heavy atom. The lowest BCUT2D eigenvalue weighted by Gasteiger charge is -2.33. The number of hydrogen-bond donors (Lipinski definition) is 1. The summed E-state index contributed by atoms with van der Waals surface area (Å²) < 4.78 is 29.1. The standard InChI is InChI=1S/C31H35Cl2N3O4S/c1-21-11-17-27(18-12-21)41(39,40)36(29-10-6-9-28(33)22(29)2)20-30(37)35(19-24-13-15-25(32)16-14-24)23(3)31(38)34-26-7-4-5-8-26/h6,9-18,23,26H,4-5,7-8,19-20H2,1-3H3,(H,34,38). The summed E-state index contributed by atoms with van der Waals surface area (Å²) in [7, 11) is -4.17. The number of amides is 2. The Hall–Kier alpha value is -3.07. The Morgan fingerprint density at radius 1 is 0.951 bits per heavy atom. The van der Waals surface area contributed by atoms with E-state index < -0.39 is 28.5 Å². The molecule has 0 saturated heterocycles. The maximum Gasteiger partial charge on any atom is 0.264 e. The van der Waals surface area contributed by atoms with Crippen molar-refractivity contribution in [1.82, 2.24) is 10.2 Å². The highest BCUT2D eigenvalue weighted by atomic mass is 35.5. The van der Waals surface area contributed by atoms with Crippen LogP contribution >= 0.6 is 23.2 Å². The van der Waals surface area contributed by atoms with E-state index in [2.05, 4.69) is 5.32 Å². The van der Waals surface area contributed by atoms with Gasteiger partial charge < -0.3 is 10.2 Å². The van der Waals surface area contributed by atoms with Crippen LogP contribution in [0.15, 0.2) is 71.6 Å². The number of sulfonamides is 1. The van der Waals surface area contributed by atoms with Crippen molar-refractivity contribution in [2.75, 3.05) is 10.8 Å². The Morgan fingerprint density at radius 2 is 1.59 bits per heavy atom. The number of carbonyl (C=O) groups is 2. The third-order valence-electron chi connectivity index (χ3n) is 7.53. The molecule has 3 aromatic rings.